The van der Waals surface area contributed by atoms with Crippen LogP contribution in [0.15, 0.2) is 42.9 Å². The number of ether oxygens (including phenoxy) is 3. The lowest BCUT2D eigenvalue weighted by atomic mass is 10.1. The van der Waals surface area contributed by atoms with E-state index in [4.69, 9.17) is 14.9 Å². The number of methoxy groups -OCH3 is 1. The summed E-state index contributed by atoms with van der Waals surface area (Å²) in [5.74, 6) is -0.808. The molecule has 0 aliphatic carbocycles. The van der Waals surface area contributed by atoms with Crippen molar-refractivity contribution in [3.8, 4) is 17.4 Å². The zero-order chi connectivity index (χ0) is 23.7. The first kappa shape index (κ1) is 24.3. The fraction of sp³-hybridized carbons (Fsp3) is 0.286. The average Bonchev–Trinajstić information content (AvgIpc) is 2.77. The number of nitrogens with one attached hydrogen (secondary N) is 3. The number of hydrogen-bond acceptors (Lipinski definition) is 10. The molecule has 1 heterocycles. The molecule has 0 bridgehead atoms. The van der Waals surface area contributed by atoms with Gasteiger partial charge in [0.1, 0.15) is 23.4 Å². The minimum atomic E-state index is -0.756. The van der Waals surface area contributed by atoms with E-state index in [1.165, 1.54) is 50.0 Å². The molecule has 0 aliphatic rings. The maximum atomic E-state index is 12.6. The van der Waals surface area contributed by atoms with Crippen molar-refractivity contribution in [2.24, 2.45) is 0 Å². The van der Waals surface area contributed by atoms with Crippen LogP contribution in [0, 0.1) is 5.41 Å². The Hall–Kier alpha value is -3.99. The number of aliphatic hydroxyl groups excluding tert-OH is 1. The van der Waals surface area contributed by atoms with Crippen molar-refractivity contribution in [3.63, 3.8) is 0 Å². The number of amidine groups is 1. The first-order valence-corrected chi connectivity index (χ1v) is 9.55. The van der Waals surface area contributed by atoms with Gasteiger partial charge in [-0.25, -0.2) is 14.8 Å². The highest BCUT2D eigenvalue weighted by atomic mass is 16.5. The van der Waals surface area contributed by atoms with Crippen LogP contribution in [0.1, 0.15) is 34.7 Å². The van der Waals surface area contributed by atoms with Gasteiger partial charge in [-0.15, -0.1) is 0 Å². The number of benzene rings is 1. The van der Waals surface area contributed by atoms with Gasteiger partial charge in [-0.3, -0.25) is 10.2 Å². The average molecular weight is 443 g/mol. The lowest BCUT2D eigenvalue weighted by Crippen LogP contribution is -2.29. The predicted octanol–water partition coefficient (Wildman–Crippen LogP) is 1.64. The normalized spacial score (nSPS) is 12.5. The summed E-state index contributed by atoms with van der Waals surface area (Å²) in [6.07, 6.45) is 3.99. The Balaban J connectivity index is 2.30. The smallest absolute Gasteiger partial charge is 0.358 e. The molecule has 32 heavy (non-hydrogen) atoms. The van der Waals surface area contributed by atoms with E-state index < -0.39 is 24.1 Å². The van der Waals surface area contributed by atoms with E-state index in [1.807, 2.05) is 0 Å². The van der Waals surface area contributed by atoms with Crippen molar-refractivity contribution >= 4 is 17.7 Å². The summed E-state index contributed by atoms with van der Waals surface area (Å²) in [6.45, 7) is 3.25. The van der Waals surface area contributed by atoms with Crippen LogP contribution in [0.5, 0.6) is 17.4 Å². The van der Waals surface area contributed by atoms with E-state index >= 15 is 0 Å². The number of esters is 1. The molecule has 0 fully saturated rings. The zero-order valence-corrected chi connectivity index (χ0v) is 18.1. The molecule has 170 valence electrons. The summed E-state index contributed by atoms with van der Waals surface area (Å²) in [6, 6.07) is 4.40. The Kier molecular flexibility index (Phi) is 8.66. The van der Waals surface area contributed by atoms with E-state index in [0.717, 1.165) is 0 Å². The Bertz CT molecular complexity index is 991. The van der Waals surface area contributed by atoms with Crippen LogP contribution in [-0.4, -0.2) is 59.2 Å². The number of hydrogen-bond donors (Lipinski definition) is 4. The summed E-state index contributed by atoms with van der Waals surface area (Å²) in [5, 5.41) is 22.7. The summed E-state index contributed by atoms with van der Waals surface area (Å²) in [7, 11) is 2.90. The van der Waals surface area contributed by atoms with Crippen LogP contribution in [0.25, 0.3) is 0 Å². The van der Waals surface area contributed by atoms with E-state index in [-0.39, 0.29) is 34.5 Å². The molecule has 0 radical (unpaired) electrons. The SMILES string of the molecule is CN/C=C\C(=N)NC(=O)c1cc(Oc2cnc(C(=O)OC)cn2)cc(O[C@@H](C)C(C)O)c1. The minimum Gasteiger partial charge on any atom is -0.488 e. The minimum absolute atomic E-state index is 0.0101. The van der Waals surface area contributed by atoms with E-state index in [1.54, 1.807) is 20.9 Å². The molecule has 2 rings (SSSR count). The van der Waals surface area contributed by atoms with Gasteiger partial charge in [0.05, 0.1) is 25.6 Å². The number of amides is 1. The van der Waals surface area contributed by atoms with E-state index in [9.17, 15) is 14.7 Å². The Morgan fingerprint density at radius 1 is 1.16 bits per heavy atom. The van der Waals surface area contributed by atoms with Crippen LogP contribution in [0.4, 0.5) is 0 Å². The molecule has 1 aromatic heterocycles. The molecule has 0 aliphatic heterocycles. The first-order valence-electron chi connectivity index (χ1n) is 9.55. The predicted molar refractivity (Wildman–Crippen MR) is 115 cm³/mol. The summed E-state index contributed by atoms with van der Waals surface area (Å²) < 4.78 is 15.9. The fourth-order valence-corrected chi connectivity index (χ4v) is 2.25. The summed E-state index contributed by atoms with van der Waals surface area (Å²) >= 11 is 0. The zero-order valence-electron chi connectivity index (χ0n) is 18.1. The molecule has 0 spiro atoms. The largest absolute Gasteiger partial charge is 0.488 e. The van der Waals surface area contributed by atoms with Crippen molar-refractivity contribution in [2.45, 2.75) is 26.1 Å². The standard InChI is InChI=1S/C21H25N5O6/c1-12(27)13(2)31-15-7-14(20(28)26-18(22)5-6-23-3)8-16(9-15)32-19-11-24-17(10-25-19)21(29)30-4/h5-13,23,27H,1-4H3,(H2,22,26,28)/b6-5-/t12?,13-/m0/s1. The topological polar surface area (TPSA) is 156 Å². The molecule has 1 aromatic carbocycles. The Morgan fingerprint density at radius 3 is 2.47 bits per heavy atom. The van der Waals surface area contributed by atoms with Gasteiger partial charge in [0.25, 0.3) is 5.91 Å². The highest BCUT2D eigenvalue weighted by Crippen LogP contribution is 2.27. The van der Waals surface area contributed by atoms with Crippen molar-refractivity contribution in [1.29, 1.82) is 5.41 Å². The Labute approximate surface area is 184 Å². The quantitative estimate of drug-likeness (QED) is 0.257. The maximum Gasteiger partial charge on any atom is 0.358 e. The highest BCUT2D eigenvalue weighted by molar-refractivity contribution is 6.09. The van der Waals surface area contributed by atoms with Crippen molar-refractivity contribution in [3.05, 3.63) is 54.1 Å². The molecule has 0 saturated carbocycles. The first-order chi connectivity index (χ1) is 15.2. The van der Waals surface area contributed by atoms with Crippen LogP contribution in [-0.2, 0) is 4.74 Å². The van der Waals surface area contributed by atoms with Gasteiger partial charge in [0.2, 0.25) is 5.88 Å². The van der Waals surface area contributed by atoms with Crippen LogP contribution in [0.2, 0.25) is 0 Å². The fourth-order valence-electron chi connectivity index (χ4n) is 2.25. The second-order valence-corrected chi connectivity index (χ2v) is 6.58. The molecule has 2 aromatic rings. The van der Waals surface area contributed by atoms with Gasteiger partial charge in [0, 0.05) is 18.7 Å². The van der Waals surface area contributed by atoms with Crippen LogP contribution in [0.3, 0.4) is 0 Å². The number of nitrogens with zero attached hydrogens (tertiary/aromatic N) is 2. The third kappa shape index (κ3) is 7.06. The van der Waals surface area contributed by atoms with Gasteiger partial charge in [-0.2, -0.15) is 0 Å². The number of aliphatic hydroxyl groups is 1. The molecule has 1 amide bonds. The van der Waals surface area contributed by atoms with Crippen molar-refractivity contribution < 1.29 is 28.9 Å². The lowest BCUT2D eigenvalue weighted by molar-refractivity contribution is 0.0592. The molecule has 1 unspecified atom stereocenters. The summed E-state index contributed by atoms with van der Waals surface area (Å²) in [5.41, 5.74) is 0.160. The van der Waals surface area contributed by atoms with Gasteiger partial charge < -0.3 is 30.0 Å². The second-order valence-electron chi connectivity index (χ2n) is 6.58. The second kappa shape index (κ2) is 11.4. The van der Waals surface area contributed by atoms with E-state index in [0.29, 0.717) is 0 Å². The molecule has 11 nitrogen and oxygen atoms in total. The third-order valence-electron chi connectivity index (χ3n) is 4.05. The summed E-state index contributed by atoms with van der Waals surface area (Å²) in [4.78, 5) is 32.0. The number of rotatable bonds is 9. The maximum absolute atomic E-state index is 12.6. The third-order valence-corrected chi connectivity index (χ3v) is 4.05. The molecule has 2 atom stereocenters. The Morgan fingerprint density at radius 2 is 1.88 bits per heavy atom. The molecule has 4 N–H and O–H groups in total. The van der Waals surface area contributed by atoms with Crippen LogP contribution >= 0.6 is 0 Å². The lowest BCUT2D eigenvalue weighted by Gasteiger charge is -2.18. The van der Waals surface area contributed by atoms with Crippen molar-refractivity contribution in [1.82, 2.24) is 20.6 Å². The van der Waals surface area contributed by atoms with Crippen LogP contribution < -0.4 is 20.1 Å². The number of aromatic nitrogens is 2. The molecular formula is C21H25N5O6. The molecule has 11 heteroatoms. The van der Waals surface area contributed by atoms with Crippen molar-refractivity contribution in [2.75, 3.05) is 14.2 Å². The van der Waals surface area contributed by atoms with E-state index in [2.05, 4.69) is 25.3 Å². The highest BCUT2D eigenvalue weighted by Gasteiger charge is 2.16. The van der Waals surface area contributed by atoms with Gasteiger partial charge in [-0.05, 0) is 38.3 Å². The number of carbonyl (C=O) groups excluding carboxylic acids is 2. The molecule has 0 saturated heterocycles. The van der Waals surface area contributed by atoms with Gasteiger partial charge in [-0.1, -0.05) is 0 Å². The molecular weight excluding hydrogens is 418 g/mol. The van der Waals surface area contributed by atoms with Gasteiger partial charge in [0.15, 0.2) is 5.69 Å². The monoisotopic (exact) mass is 443 g/mol. The van der Waals surface area contributed by atoms with Gasteiger partial charge >= 0.3 is 5.97 Å². The number of carbonyl (C=O) groups is 2.